The summed E-state index contributed by atoms with van der Waals surface area (Å²) in [6.07, 6.45) is 5.06. The van der Waals surface area contributed by atoms with E-state index in [0.717, 1.165) is 17.7 Å². The van der Waals surface area contributed by atoms with Gasteiger partial charge in [-0.2, -0.15) is 0 Å². The number of carbonyl (C=O) groups is 2. The molecule has 1 aliphatic heterocycles. The van der Waals surface area contributed by atoms with Gasteiger partial charge in [0.1, 0.15) is 6.54 Å². The van der Waals surface area contributed by atoms with Crippen molar-refractivity contribution in [3.8, 4) is 0 Å². The predicted molar refractivity (Wildman–Crippen MR) is 70.8 cm³/mol. The Morgan fingerprint density at radius 3 is 2.58 bits per heavy atom. The van der Waals surface area contributed by atoms with E-state index in [1.807, 2.05) is 6.92 Å². The Morgan fingerprint density at radius 2 is 2.00 bits per heavy atom. The molecule has 1 N–H and O–H groups in total. The van der Waals surface area contributed by atoms with Gasteiger partial charge in [-0.3, -0.25) is 0 Å². The van der Waals surface area contributed by atoms with Crippen molar-refractivity contribution >= 4 is 11.9 Å². The average molecular weight is 272 g/mol. The van der Waals surface area contributed by atoms with Gasteiger partial charge < -0.3 is 14.4 Å². The van der Waals surface area contributed by atoms with Gasteiger partial charge >= 0.3 is 11.9 Å². The second kappa shape index (κ2) is 8.15. The molecule has 1 heterocycles. The number of carbonyl (C=O) groups excluding carboxylic acids is 2. The van der Waals surface area contributed by atoms with Crippen LogP contribution in [0.15, 0.2) is 0 Å². The van der Waals surface area contributed by atoms with Gasteiger partial charge in [0.25, 0.3) is 0 Å². The monoisotopic (exact) mass is 272 g/mol. The van der Waals surface area contributed by atoms with E-state index in [4.69, 9.17) is 9.47 Å². The van der Waals surface area contributed by atoms with Gasteiger partial charge in [-0.05, 0) is 6.42 Å². The molecule has 0 bridgehead atoms. The number of unbranched alkanes of at least 4 members (excludes halogenated alkanes) is 3. The predicted octanol–water partition coefficient (Wildman–Crippen LogP) is 0.329. The lowest BCUT2D eigenvalue weighted by Gasteiger charge is -2.11. The fraction of sp³-hybridized carbons (Fsp3) is 0.857. The molecule has 0 aromatic rings. The molecule has 0 amide bonds. The van der Waals surface area contributed by atoms with E-state index < -0.39 is 0 Å². The summed E-state index contributed by atoms with van der Waals surface area (Å²) in [6, 6.07) is -0.405. The lowest BCUT2D eigenvalue weighted by atomic mass is 10.2. The van der Waals surface area contributed by atoms with Crippen LogP contribution in [0.3, 0.4) is 0 Å². The summed E-state index contributed by atoms with van der Waals surface area (Å²) in [5.41, 5.74) is 0. The van der Waals surface area contributed by atoms with Gasteiger partial charge in [0.15, 0.2) is 6.04 Å². The number of quaternary nitrogens is 1. The highest BCUT2D eigenvalue weighted by atomic mass is 16.5. The fourth-order valence-corrected chi connectivity index (χ4v) is 2.32. The molecule has 5 heteroatoms. The van der Waals surface area contributed by atoms with Crippen LogP contribution in [0, 0.1) is 0 Å². The first-order valence-electron chi connectivity index (χ1n) is 7.25. The van der Waals surface area contributed by atoms with Gasteiger partial charge in [-0.25, -0.2) is 9.59 Å². The van der Waals surface area contributed by atoms with Crippen molar-refractivity contribution in [3.05, 3.63) is 0 Å². The number of nitrogens with one attached hydrogen (secondary N) is 1. The van der Waals surface area contributed by atoms with Gasteiger partial charge in [0.2, 0.25) is 6.04 Å². The van der Waals surface area contributed by atoms with E-state index in [9.17, 15) is 9.59 Å². The fourth-order valence-electron chi connectivity index (χ4n) is 2.32. The van der Waals surface area contributed by atoms with Crippen molar-refractivity contribution < 1.29 is 24.0 Å². The minimum atomic E-state index is -0.240. The van der Waals surface area contributed by atoms with Gasteiger partial charge in [0.05, 0.1) is 13.7 Å². The third kappa shape index (κ3) is 4.82. The SMILES string of the molecule is CCCCCCOC(=O)[C@H]1C[NH+]1[C@@H](CC)C(=O)OC. The summed E-state index contributed by atoms with van der Waals surface area (Å²) in [4.78, 5) is 24.3. The first kappa shape index (κ1) is 16.0. The largest absolute Gasteiger partial charge is 0.465 e. The average Bonchev–Trinajstić information content (AvgIpc) is 3.19. The van der Waals surface area contributed by atoms with Crippen LogP contribution in [0.5, 0.6) is 0 Å². The second-order valence-corrected chi connectivity index (χ2v) is 5.04. The van der Waals surface area contributed by atoms with Crippen LogP contribution in [-0.2, 0) is 19.1 Å². The molecule has 0 aromatic carbocycles. The van der Waals surface area contributed by atoms with Gasteiger partial charge in [0, 0.05) is 6.42 Å². The van der Waals surface area contributed by atoms with Crippen LogP contribution in [0.2, 0.25) is 0 Å². The number of methoxy groups -OCH3 is 1. The highest BCUT2D eigenvalue weighted by Crippen LogP contribution is 2.03. The van der Waals surface area contributed by atoms with E-state index in [-0.39, 0.29) is 24.0 Å². The zero-order valence-electron chi connectivity index (χ0n) is 12.2. The molecule has 1 unspecified atom stereocenters. The molecule has 0 aliphatic carbocycles. The Balaban J connectivity index is 2.23. The molecule has 0 spiro atoms. The standard InChI is InChI=1S/C14H25NO4/c1-4-6-7-8-9-19-14(17)12-10-15(12)11(5-2)13(16)18-3/h11-12H,4-10H2,1-3H3/p+1/t11-,12+,15?/m0/s1. The molecule has 1 fully saturated rings. The highest BCUT2D eigenvalue weighted by Gasteiger charge is 2.54. The number of ether oxygens (including phenoxy) is 2. The third-order valence-corrected chi connectivity index (χ3v) is 3.60. The van der Waals surface area contributed by atoms with Crippen LogP contribution in [0.4, 0.5) is 0 Å². The first-order valence-corrected chi connectivity index (χ1v) is 7.25. The summed E-state index contributed by atoms with van der Waals surface area (Å²) in [6.45, 7) is 5.26. The van der Waals surface area contributed by atoms with Crippen molar-refractivity contribution in [1.82, 2.24) is 0 Å². The van der Waals surface area contributed by atoms with Crippen molar-refractivity contribution in [2.24, 2.45) is 0 Å². The Bertz CT molecular complexity index is 306. The van der Waals surface area contributed by atoms with E-state index in [1.165, 1.54) is 20.0 Å². The lowest BCUT2D eigenvalue weighted by molar-refractivity contribution is -0.790. The van der Waals surface area contributed by atoms with Crippen molar-refractivity contribution in [2.45, 2.75) is 58.0 Å². The van der Waals surface area contributed by atoms with E-state index in [0.29, 0.717) is 19.6 Å². The van der Waals surface area contributed by atoms with Crippen LogP contribution in [0.1, 0.15) is 46.0 Å². The molecule has 1 aliphatic rings. The minimum absolute atomic E-state index is 0.171. The smallest absolute Gasteiger partial charge is 0.371 e. The molecule has 1 rings (SSSR count). The van der Waals surface area contributed by atoms with Crippen LogP contribution in [0.25, 0.3) is 0 Å². The highest BCUT2D eigenvalue weighted by molar-refractivity contribution is 5.78. The topological polar surface area (TPSA) is 57.0 Å². The van der Waals surface area contributed by atoms with Crippen molar-refractivity contribution in [1.29, 1.82) is 0 Å². The first-order chi connectivity index (χ1) is 9.15. The Labute approximate surface area is 115 Å². The quantitative estimate of drug-likeness (QED) is 0.373. The van der Waals surface area contributed by atoms with E-state index in [2.05, 4.69) is 6.92 Å². The summed E-state index contributed by atoms with van der Waals surface area (Å²) in [7, 11) is 1.38. The van der Waals surface area contributed by atoms with E-state index in [1.54, 1.807) is 0 Å². The van der Waals surface area contributed by atoms with E-state index >= 15 is 0 Å². The molecule has 0 radical (unpaired) electrons. The summed E-state index contributed by atoms with van der Waals surface area (Å²) in [5.74, 6) is -0.412. The number of esters is 2. The maximum atomic E-state index is 11.8. The molecule has 5 nitrogen and oxygen atoms in total. The van der Waals surface area contributed by atoms with Crippen molar-refractivity contribution in [3.63, 3.8) is 0 Å². The molecule has 110 valence electrons. The number of hydrogen-bond acceptors (Lipinski definition) is 4. The summed E-state index contributed by atoms with van der Waals surface area (Å²) in [5, 5.41) is 0. The Hall–Kier alpha value is -1.10. The minimum Gasteiger partial charge on any atom is -0.465 e. The Morgan fingerprint density at radius 1 is 1.26 bits per heavy atom. The van der Waals surface area contributed by atoms with Crippen LogP contribution >= 0.6 is 0 Å². The maximum Gasteiger partial charge on any atom is 0.371 e. The lowest BCUT2D eigenvalue weighted by Crippen LogP contribution is -3.01. The Kier molecular flexibility index (Phi) is 6.84. The van der Waals surface area contributed by atoms with Crippen molar-refractivity contribution in [2.75, 3.05) is 20.3 Å². The molecule has 0 saturated carbocycles. The number of rotatable bonds is 9. The zero-order valence-corrected chi connectivity index (χ0v) is 12.2. The normalized spacial score (nSPS) is 22.7. The summed E-state index contributed by atoms with van der Waals surface area (Å²) < 4.78 is 9.99. The molecule has 3 atom stereocenters. The molecular formula is C14H26NO4+. The second-order valence-electron chi connectivity index (χ2n) is 5.04. The molecule has 0 aromatic heterocycles. The van der Waals surface area contributed by atoms with Crippen LogP contribution < -0.4 is 4.90 Å². The van der Waals surface area contributed by atoms with Gasteiger partial charge in [-0.15, -0.1) is 0 Å². The third-order valence-electron chi connectivity index (χ3n) is 3.60. The van der Waals surface area contributed by atoms with Crippen LogP contribution in [-0.4, -0.2) is 44.3 Å². The molecule has 1 saturated heterocycles. The zero-order chi connectivity index (χ0) is 14.3. The van der Waals surface area contributed by atoms with Gasteiger partial charge in [-0.1, -0.05) is 33.1 Å². The molecular weight excluding hydrogens is 246 g/mol. The maximum absolute atomic E-state index is 11.8. The summed E-state index contributed by atoms with van der Waals surface area (Å²) >= 11 is 0. The number of hydrogen-bond donors (Lipinski definition) is 1. The molecule has 19 heavy (non-hydrogen) atoms.